The molecule has 0 aromatic heterocycles. The maximum atomic E-state index is 13.3. The predicted molar refractivity (Wildman–Crippen MR) is 61.3 cm³/mol. The van der Waals surface area contributed by atoms with E-state index in [9.17, 15) is 9.18 Å². The highest BCUT2D eigenvalue weighted by Gasteiger charge is 2.15. The van der Waals surface area contributed by atoms with Gasteiger partial charge in [0.1, 0.15) is 5.82 Å². The van der Waals surface area contributed by atoms with Crippen LogP contribution in [-0.2, 0) is 4.79 Å². The van der Waals surface area contributed by atoms with E-state index in [-0.39, 0.29) is 22.6 Å². The van der Waals surface area contributed by atoms with Gasteiger partial charge >= 0.3 is 0 Å². The summed E-state index contributed by atoms with van der Waals surface area (Å²) in [5.41, 5.74) is 0.499. The van der Waals surface area contributed by atoms with Gasteiger partial charge in [-0.2, -0.15) is 0 Å². The third-order valence-electron chi connectivity index (χ3n) is 2.09. The first-order valence-corrected chi connectivity index (χ1v) is 5.63. The highest BCUT2D eigenvalue weighted by Crippen LogP contribution is 2.16. The standard InChI is InChI=1S/C11H13BrFNO/c1-7(12)11(15)14-8(2)9-5-3-4-6-10(9)13/h3-8H,1-2H3,(H,14,15). The van der Waals surface area contributed by atoms with Gasteiger partial charge in [-0.15, -0.1) is 0 Å². The van der Waals surface area contributed by atoms with Crippen LogP contribution in [-0.4, -0.2) is 10.7 Å². The number of halogens is 2. The van der Waals surface area contributed by atoms with Gasteiger partial charge in [0.2, 0.25) is 5.91 Å². The number of alkyl halides is 1. The van der Waals surface area contributed by atoms with Crippen LogP contribution < -0.4 is 5.32 Å². The van der Waals surface area contributed by atoms with Gasteiger partial charge < -0.3 is 5.32 Å². The van der Waals surface area contributed by atoms with Crippen molar-refractivity contribution in [2.45, 2.75) is 24.7 Å². The first-order valence-electron chi connectivity index (χ1n) is 4.71. The molecule has 2 atom stereocenters. The van der Waals surface area contributed by atoms with E-state index in [0.717, 1.165) is 0 Å². The van der Waals surface area contributed by atoms with Crippen molar-refractivity contribution in [3.8, 4) is 0 Å². The van der Waals surface area contributed by atoms with Gasteiger partial charge in [0, 0.05) is 5.56 Å². The number of hydrogen-bond donors (Lipinski definition) is 1. The average Bonchev–Trinajstić information content (AvgIpc) is 2.18. The van der Waals surface area contributed by atoms with Crippen LogP contribution in [0.1, 0.15) is 25.5 Å². The van der Waals surface area contributed by atoms with Crippen LogP contribution >= 0.6 is 15.9 Å². The Bertz CT molecular complexity index is 354. The predicted octanol–water partition coefficient (Wildman–Crippen LogP) is 2.79. The van der Waals surface area contributed by atoms with E-state index in [0.29, 0.717) is 5.56 Å². The molecule has 4 heteroatoms. The number of hydrogen-bond acceptors (Lipinski definition) is 1. The quantitative estimate of drug-likeness (QED) is 0.844. The molecule has 1 rings (SSSR count). The summed E-state index contributed by atoms with van der Waals surface area (Å²) in [6.07, 6.45) is 0. The summed E-state index contributed by atoms with van der Waals surface area (Å²) >= 11 is 3.15. The summed E-state index contributed by atoms with van der Waals surface area (Å²) in [5.74, 6) is -0.446. The van der Waals surface area contributed by atoms with Gasteiger partial charge in [0.05, 0.1) is 10.9 Å². The van der Waals surface area contributed by atoms with Crippen LogP contribution in [0.3, 0.4) is 0 Å². The molecule has 1 aromatic carbocycles. The van der Waals surface area contributed by atoms with Crippen molar-refractivity contribution in [3.05, 3.63) is 35.6 Å². The number of nitrogens with one attached hydrogen (secondary N) is 1. The Morgan fingerprint density at radius 1 is 1.40 bits per heavy atom. The lowest BCUT2D eigenvalue weighted by Crippen LogP contribution is -2.32. The molecule has 1 N–H and O–H groups in total. The fraction of sp³-hybridized carbons (Fsp3) is 0.364. The summed E-state index contributed by atoms with van der Waals surface area (Å²) in [6, 6.07) is 6.10. The second-order valence-electron chi connectivity index (χ2n) is 3.37. The minimum Gasteiger partial charge on any atom is -0.349 e. The third kappa shape index (κ3) is 3.30. The Labute approximate surface area is 97.0 Å². The van der Waals surface area contributed by atoms with Gasteiger partial charge in [-0.1, -0.05) is 34.1 Å². The van der Waals surface area contributed by atoms with Crippen LogP contribution in [0.15, 0.2) is 24.3 Å². The number of benzene rings is 1. The Hall–Kier alpha value is -0.900. The molecular weight excluding hydrogens is 261 g/mol. The largest absolute Gasteiger partial charge is 0.349 e. The SMILES string of the molecule is CC(Br)C(=O)NC(C)c1ccccc1F. The van der Waals surface area contributed by atoms with Gasteiger partial charge in [-0.05, 0) is 19.9 Å². The minimum absolute atomic E-state index is 0.147. The fourth-order valence-electron chi connectivity index (χ4n) is 1.23. The van der Waals surface area contributed by atoms with Crippen molar-refractivity contribution < 1.29 is 9.18 Å². The van der Waals surface area contributed by atoms with Gasteiger partial charge in [0.15, 0.2) is 0 Å². The molecule has 0 spiro atoms. The lowest BCUT2D eigenvalue weighted by molar-refractivity contribution is -0.120. The molecule has 82 valence electrons. The fourth-order valence-corrected chi connectivity index (χ4v) is 1.36. The normalized spacial score (nSPS) is 14.4. The van der Waals surface area contributed by atoms with E-state index in [4.69, 9.17) is 0 Å². The van der Waals surface area contributed by atoms with Crippen molar-refractivity contribution in [3.63, 3.8) is 0 Å². The van der Waals surface area contributed by atoms with E-state index >= 15 is 0 Å². The van der Waals surface area contributed by atoms with Gasteiger partial charge in [-0.3, -0.25) is 4.79 Å². The Balaban J connectivity index is 2.73. The second kappa shape index (κ2) is 5.26. The van der Waals surface area contributed by atoms with E-state index in [2.05, 4.69) is 21.2 Å². The molecule has 0 heterocycles. The van der Waals surface area contributed by atoms with Crippen LogP contribution in [0.4, 0.5) is 4.39 Å². The van der Waals surface area contributed by atoms with Crippen molar-refractivity contribution in [2.24, 2.45) is 0 Å². The van der Waals surface area contributed by atoms with Crippen molar-refractivity contribution >= 4 is 21.8 Å². The number of carbonyl (C=O) groups excluding carboxylic acids is 1. The number of amides is 1. The molecule has 0 aliphatic carbocycles. The van der Waals surface area contributed by atoms with Gasteiger partial charge in [-0.25, -0.2) is 4.39 Å². The zero-order valence-corrected chi connectivity index (χ0v) is 10.2. The molecule has 0 aliphatic heterocycles. The molecule has 2 nitrogen and oxygen atoms in total. The molecule has 1 aromatic rings. The smallest absolute Gasteiger partial charge is 0.233 e. The molecule has 0 fully saturated rings. The van der Waals surface area contributed by atoms with Gasteiger partial charge in [0.25, 0.3) is 0 Å². The maximum Gasteiger partial charge on any atom is 0.233 e. The summed E-state index contributed by atoms with van der Waals surface area (Å²) in [7, 11) is 0. The van der Waals surface area contributed by atoms with E-state index in [1.54, 1.807) is 32.0 Å². The molecule has 0 saturated carbocycles. The van der Waals surface area contributed by atoms with Crippen LogP contribution in [0.2, 0.25) is 0 Å². The molecule has 0 radical (unpaired) electrons. The van der Waals surface area contributed by atoms with Crippen LogP contribution in [0, 0.1) is 5.82 Å². The first-order chi connectivity index (χ1) is 7.02. The molecule has 15 heavy (non-hydrogen) atoms. The summed E-state index contributed by atoms with van der Waals surface area (Å²) < 4.78 is 13.3. The molecule has 0 saturated heterocycles. The van der Waals surface area contributed by atoms with Crippen LogP contribution in [0.5, 0.6) is 0 Å². The maximum absolute atomic E-state index is 13.3. The average molecular weight is 274 g/mol. The summed E-state index contributed by atoms with van der Waals surface area (Å²) in [4.78, 5) is 11.1. The van der Waals surface area contributed by atoms with E-state index < -0.39 is 0 Å². The minimum atomic E-state index is -0.321. The lowest BCUT2D eigenvalue weighted by Gasteiger charge is -2.15. The second-order valence-corrected chi connectivity index (χ2v) is 4.74. The number of carbonyl (C=O) groups is 1. The summed E-state index contributed by atoms with van der Waals surface area (Å²) in [5, 5.41) is 2.71. The monoisotopic (exact) mass is 273 g/mol. The Morgan fingerprint density at radius 2 is 2.00 bits per heavy atom. The molecule has 0 aliphatic rings. The van der Waals surface area contributed by atoms with Crippen LogP contribution in [0.25, 0.3) is 0 Å². The van der Waals surface area contributed by atoms with Crippen molar-refractivity contribution in [1.82, 2.24) is 5.32 Å². The zero-order chi connectivity index (χ0) is 11.4. The summed E-state index contributed by atoms with van der Waals surface area (Å²) in [6.45, 7) is 3.48. The zero-order valence-electron chi connectivity index (χ0n) is 8.63. The highest BCUT2D eigenvalue weighted by atomic mass is 79.9. The highest BCUT2D eigenvalue weighted by molar-refractivity contribution is 9.10. The van der Waals surface area contributed by atoms with E-state index in [1.807, 2.05) is 0 Å². The molecule has 2 unspecified atom stereocenters. The van der Waals surface area contributed by atoms with Crippen molar-refractivity contribution in [1.29, 1.82) is 0 Å². The first kappa shape index (κ1) is 12.2. The lowest BCUT2D eigenvalue weighted by atomic mass is 10.1. The Kier molecular flexibility index (Phi) is 4.27. The molecule has 1 amide bonds. The number of rotatable bonds is 3. The molecular formula is C11H13BrFNO. The topological polar surface area (TPSA) is 29.1 Å². The third-order valence-corrected chi connectivity index (χ3v) is 2.51. The van der Waals surface area contributed by atoms with Crippen molar-refractivity contribution in [2.75, 3.05) is 0 Å². The molecule has 0 bridgehead atoms. The van der Waals surface area contributed by atoms with E-state index in [1.165, 1.54) is 6.07 Å². The Morgan fingerprint density at radius 3 is 2.53 bits per heavy atom.